The smallest absolute Gasteiger partial charge is 0.269 e. The van der Waals surface area contributed by atoms with E-state index in [-0.39, 0.29) is 5.91 Å². The lowest BCUT2D eigenvalue weighted by Gasteiger charge is -2.17. The molecule has 3 N–H and O–H groups in total. The maximum Gasteiger partial charge on any atom is 0.269 e. The van der Waals surface area contributed by atoms with E-state index >= 15 is 0 Å². The van der Waals surface area contributed by atoms with Crippen LogP contribution in [0.4, 0.5) is 22.7 Å². The minimum Gasteiger partial charge on any atom is -0.399 e. The van der Waals surface area contributed by atoms with Gasteiger partial charge in [-0.2, -0.15) is 5.26 Å². The molecular weight excluding hydrogens is 488 g/mol. The lowest BCUT2D eigenvalue weighted by atomic mass is 10.2. The Bertz CT molecular complexity index is 1440. The second-order valence-corrected chi connectivity index (χ2v) is 10.3. The summed E-state index contributed by atoms with van der Waals surface area (Å²) in [6.45, 7) is 3.11. The van der Waals surface area contributed by atoms with E-state index in [1.54, 1.807) is 28.8 Å². The van der Waals surface area contributed by atoms with Gasteiger partial charge in [0.15, 0.2) is 5.17 Å². The van der Waals surface area contributed by atoms with Gasteiger partial charge in [-0.25, -0.2) is 4.99 Å². The Morgan fingerprint density at radius 2 is 1.89 bits per heavy atom. The minimum absolute atomic E-state index is 0.0980. The normalized spacial score (nSPS) is 18.0. The third-order valence-electron chi connectivity index (χ3n) is 5.81. The molecule has 2 aliphatic rings. The number of benzene rings is 3. The average molecular weight is 513 g/mol. The predicted octanol–water partition coefficient (Wildman–Crippen LogP) is 5.75. The fourth-order valence-corrected chi connectivity index (χ4v) is 6.34. The number of amides is 1. The van der Waals surface area contributed by atoms with Gasteiger partial charge < -0.3 is 16.0 Å². The SMILES string of the molecule is CCNc1ccc(C#N)cc1N=C1SC(=C2Sc3ccc(N)cc3N2C)C(=O)N1Cc1ccccc1. The molecule has 9 heteroatoms. The zero-order valence-corrected chi connectivity index (χ0v) is 21.5. The van der Waals surface area contributed by atoms with Crippen LogP contribution in [0.2, 0.25) is 0 Å². The van der Waals surface area contributed by atoms with Crippen molar-refractivity contribution >= 4 is 57.3 Å². The van der Waals surface area contributed by atoms with Crippen LogP contribution in [-0.2, 0) is 11.3 Å². The molecule has 0 radical (unpaired) electrons. The topological polar surface area (TPSA) is 97.7 Å². The van der Waals surface area contributed by atoms with Crippen LogP contribution in [0.5, 0.6) is 0 Å². The number of nitrogens with one attached hydrogen (secondary N) is 1. The Balaban J connectivity index is 1.59. The summed E-state index contributed by atoms with van der Waals surface area (Å²) in [6.07, 6.45) is 0. The summed E-state index contributed by atoms with van der Waals surface area (Å²) in [5.41, 5.74) is 10.6. The van der Waals surface area contributed by atoms with Crippen molar-refractivity contribution in [1.82, 2.24) is 4.90 Å². The van der Waals surface area contributed by atoms with Crippen LogP contribution in [0, 0.1) is 11.3 Å². The first-order valence-electron chi connectivity index (χ1n) is 11.4. The van der Waals surface area contributed by atoms with Gasteiger partial charge in [0, 0.05) is 24.2 Å². The molecule has 0 aromatic heterocycles. The molecule has 2 aliphatic heterocycles. The molecular formula is C27H24N6OS2. The van der Waals surface area contributed by atoms with Gasteiger partial charge >= 0.3 is 0 Å². The van der Waals surface area contributed by atoms with E-state index in [1.165, 1.54) is 11.8 Å². The molecule has 3 aromatic rings. The van der Waals surface area contributed by atoms with Crippen molar-refractivity contribution in [2.45, 2.75) is 18.4 Å². The molecule has 180 valence electrons. The highest BCUT2D eigenvalue weighted by molar-refractivity contribution is 8.19. The van der Waals surface area contributed by atoms with E-state index in [2.05, 4.69) is 11.4 Å². The van der Waals surface area contributed by atoms with E-state index in [9.17, 15) is 10.1 Å². The molecule has 2 heterocycles. The van der Waals surface area contributed by atoms with Crippen LogP contribution in [-0.4, -0.2) is 29.6 Å². The fourth-order valence-electron chi connectivity index (χ4n) is 4.02. The summed E-state index contributed by atoms with van der Waals surface area (Å²) in [5.74, 6) is -0.0980. The highest BCUT2D eigenvalue weighted by Gasteiger charge is 2.39. The van der Waals surface area contributed by atoms with Crippen LogP contribution in [0.3, 0.4) is 0 Å². The largest absolute Gasteiger partial charge is 0.399 e. The van der Waals surface area contributed by atoms with Crippen LogP contribution >= 0.6 is 23.5 Å². The number of nitrogens with two attached hydrogens (primary N) is 1. The number of rotatable bonds is 5. The Morgan fingerprint density at radius 1 is 1.08 bits per heavy atom. The number of nitrogen functional groups attached to an aromatic ring is 1. The molecule has 5 rings (SSSR count). The highest BCUT2D eigenvalue weighted by atomic mass is 32.2. The van der Waals surface area contributed by atoms with Crippen LogP contribution in [0.15, 0.2) is 86.6 Å². The molecule has 0 atom stereocenters. The summed E-state index contributed by atoms with van der Waals surface area (Å²) in [4.78, 5) is 24.1. The lowest BCUT2D eigenvalue weighted by molar-refractivity contribution is -0.122. The van der Waals surface area contributed by atoms with Gasteiger partial charge in [0.2, 0.25) is 0 Å². The summed E-state index contributed by atoms with van der Waals surface area (Å²) >= 11 is 2.92. The zero-order chi connectivity index (χ0) is 25.2. The number of hydrogen-bond donors (Lipinski definition) is 2. The molecule has 3 aromatic carbocycles. The number of hydrogen-bond acceptors (Lipinski definition) is 8. The first-order valence-corrected chi connectivity index (χ1v) is 13.1. The van der Waals surface area contributed by atoms with E-state index in [0.29, 0.717) is 40.1 Å². The lowest BCUT2D eigenvalue weighted by Crippen LogP contribution is -2.29. The molecule has 1 fully saturated rings. The number of thioether (sulfide) groups is 2. The second kappa shape index (κ2) is 10.0. The van der Waals surface area contributed by atoms with E-state index in [1.807, 2.05) is 73.5 Å². The van der Waals surface area contributed by atoms with E-state index < -0.39 is 0 Å². The van der Waals surface area contributed by atoms with Crippen molar-refractivity contribution in [1.29, 1.82) is 5.26 Å². The first kappa shape index (κ1) is 23.9. The third kappa shape index (κ3) is 4.53. The van der Waals surface area contributed by atoms with Crippen LogP contribution in [0.25, 0.3) is 0 Å². The number of amidine groups is 1. The molecule has 0 aliphatic carbocycles. The third-order valence-corrected chi connectivity index (χ3v) is 8.24. The van der Waals surface area contributed by atoms with Gasteiger partial charge in [0.25, 0.3) is 5.91 Å². The Kier molecular flexibility index (Phi) is 6.63. The molecule has 1 saturated heterocycles. The molecule has 7 nitrogen and oxygen atoms in total. The number of nitriles is 1. The number of nitrogens with zero attached hydrogens (tertiary/aromatic N) is 4. The van der Waals surface area contributed by atoms with Crippen molar-refractivity contribution in [3.05, 3.63) is 87.8 Å². The van der Waals surface area contributed by atoms with Gasteiger partial charge in [-0.05, 0) is 60.6 Å². The maximum absolute atomic E-state index is 13.8. The molecule has 1 amide bonds. The number of anilines is 3. The number of carbonyl (C=O) groups excluding carboxylic acids is 1. The monoisotopic (exact) mass is 512 g/mol. The Morgan fingerprint density at radius 3 is 2.64 bits per heavy atom. The summed E-state index contributed by atoms with van der Waals surface area (Å²) in [5, 5.41) is 14.2. The molecule has 0 unspecified atom stereocenters. The summed E-state index contributed by atoms with van der Waals surface area (Å²) < 4.78 is 0. The Hall–Kier alpha value is -3.87. The predicted molar refractivity (Wildman–Crippen MR) is 149 cm³/mol. The molecule has 0 saturated carbocycles. The number of fused-ring (bicyclic) bond motifs is 1. The van der Waals surface area contributed by atoms with Crippen LogP contribution < -0.4 is 16.0 Å². The van der Waals surface area contributed by atoms with E-state index in [0.717, 1.165) is 26.9 Å². The summed E-state index contributed by atoms with van der Waals surface area (Å²) in [7, 11) is 1.95. The first-order chi connectivity index (χ1) is 17.5. The molecule has 36 heavy (non-hydrogen) atoms. The average Bonchev–Trinajstić information content (AvgIpc) is 3.37. The zero-order valence-electron chi connectivity index (χ0n) is 19.9. The van der Waals surface area contributed by atoms with Crippen LogP contribution in [0.1, 0.15) is 18.1 Å². The highest BCUT2D eigenvalue weighted by Crippen LogP contribution is 2.51. The van der Waals surface area contributed by atoms with Gasteiger partial charge in [-0.3, -0.25) is 9.69 Å². The number of carbonyl (C=O) groups is 1. The quantitative estimate of drug-likeness (QED) is 0.332. The molecule has 0 bridgehead atoms. The standard InChI is InChI=1S/C27H24N6OS2/c1-3-30-20-11-9-18(15-28)13-21(20)31-27-33(16-17-7-5-4-6-8-17)25(34)24(36-27)26-32(2)22-14-19(29)10-12-23(22)35-26/h4-14,30H,3,16,29H2,1-2H3. The van der Waals surface area contributed by atoms with Gasteiger partial charge in [-0.15, -0.1) is 0 Å². The van der Waals surface area contributed by atoms with Gasteiger partial charge in [0.1, 0.15) is 4.91 Å². The maximum atomic E-state index is 13.8. The van der Waals surface area contributed by atoms with Gasteiger partial charge in [0.05, 0.1) is 40.3 Å². The van der Waals surface area contributed by atoms with E-state index in [4.69, 9.17) is 10.7 Å². The van der Waals surface area contributed by atoms with Crippen molar-refractivity contribution in [2.24, 2.45) is 4.99 Å². The summed E-state index contributed by atoms with van der Waals surface area (Å²) in [6, 6.07) is 23.2. The van der Waals surface area contributed by atoms with Crippen molar-refractivity contribution in [2.75, 3.05) is 29.5 Å². The van der Waals surface area contributed by atoms with Crippen molar-refractivity contribution < 1.29 is 4.79 Å². The van der Waals surface area contributed by atoms with Gasteiger partial charge in [-0.1, -0.05) is 42.1 Å². The number of aliphatic imine (C=N–C) groups is 1. The fraction of sp³-hybridized carbons (Fsp3) is 0.148. The Labute approximate surface area is 218 Å². The minimum atomic E-state index is -0.0980. The molecule has 0 spiro atoms. The van der Waals surface area contributed by atoms with Crippen molar-refractivity contribution in [3.63, 3.8) is 0 Å². The second-order valence-electron chi connectivity index (χ2n) is 8.27. The van der Waals surface area contributed by atoms with Crippen molar-refractivity contribution in [3.8, 4) is 6.07 Å².